The molecule has 4 rings (SSSR count). The van der Waals surface area contributed by atoms with E-state index in [4.69, 9.17) is 14.2 Å². The number of rotatable bonds is 10. The minimum absolute atomic E-state index is 0.0561. The minimum atomic E-state index is -0.783. The monoisotopic (exact) mass is 543 g/mol. The molecule has 210 valence electrons. The Kier molecular flexibility index (Phi) is 8.83. The number of nitrogens with zero attached hydrogens (tertiary/aromatic N) is 1. The van der Waals surface area contributed by atoms with Crippen LogP contribution in [0.5, 0.6) is 17.2 Å². The molecule has 7 nitrogen and oxygen atoms in total. The van der Waals surface area contributed by atoms with Crippen LogP contribution in [0.25, 0.3) is 5.76 Å². The zero-order valence-electron chi connectivity index (χ0n) is 24.0. The lowest BCUT2D eigenvalue weighted by molar-refractivity contribution is -0.139. The Balaban J connectivity index is 1.86. The van der Waals surface area contributed by atoms with Gasteiger partial charge in [0.15, 0.2) is 11.5 Å². The quantitative estimate of drug-likeness (QED) is 0.177. The summed E-state index contributed by atoms with van der Waals surface area (Å²) in [7, 11) is 3.17. The van der Waals surface area contributed by atoms with Gasteiger partial charge in [0.05, 0.1) is 25.8 Å². The Morgan fingerprint density at radius 1 is 0.950 bits per heavy atom. The van der Waals surface area contributed by atoms with Crippen LogP contribution in [0.1, 0.15) is 67.0 Å². The number of benzene rings is 3. The number of carbonyl (C=O) groups is 2. The molecule has 0 bridgehead atoms. The van der Waals surface area contributed by atoms with Crippen molar-refractivity contribution in [2.24, 2.45) is 0 Å². The number of aryl methyl sites for hydroxylation is 1. The highest BCUT2D eigenvalue weighted by Gasteiger charge is 2.46. The molecule has 0 aromatic heterocycles. The summed E-state index contributed by atoms with van der Waals surface area (Å²) < 4.78 is 17.2. The Hall–Kier alpha value is -4.26. The van der Waals surface area contributed by atoms with Crippen LogP contribution in [0.2, 0.25) is 0 Å². The summed E-state index contributed by atoms with van der Waals surface area (Å²) in [4.78, 5) is 28.3. The molecule has 3 aromatic carbocycles. The topological polar surface area (TPSA) is 85.3 Å². The number of amides is 1. The lowest BCUT2D eigenvalue weighted by Crippen LogP contribution is -2.30. The number of carbonyl (C=O) groups excluding carboxylic acids is 2. The van der Waals surface area contributed by atoms with Gasteiger partial charge in [0.2, 0.25) is 0 Å². The third-order valence-corrected chi connectivity index (χ3v) is 7.20. The van der Waals surface area contributed by atoms with E-state index in [1.807, 2.05) is 70.2 Å². The van der Waals surface area contributed by atoms with Gasteiger partial charge in [-0.05, 0) is 65.8 Å². The maximum Gasteiger partial charge on any atom is 0.295 e. The van der Waals surface area contributed by atoms with Crippen LogP contribution in [-0.2, 0) is 16.2 Å². The van der Waals surface area contributed by atoms with Gasteiger partial charge in [-0.3, -0.25) is 9.59 Å². The van der Waals surface area contributed by atoms with Crippen molar-refractivity contribution in [3.63, 3.8) is 0 Å². The Morgan fingerprint density at radius 2 is 1.65 bits per heavy atom. The molecule has 1 heterocycles. The molecule has 1 aliphatic rings. The fourth-order valence-corrected chi connectivity index (χ4v) is 5.14. The molecule has 1 amide bonds. The Morgan fingerprint density at radius 3 is 2.27 bits per heavy atom. The van der Waals surface area contributed by atoms with E-state index in [0.29, 0.717) is 47.9 Å². The molecular formula is C33H37NO6. The van der Waals surface area contributed by atoms with E-state index in [1.165, 1.54) is 4.90 Å². The van der Waals surface area contributed by atoms with Gasteiger partial charge in [0, 0.05) is 12.1 Å². The molecule has 1 atom stereocenters. The molecule has 0 aliphatic carbocycles. The number of methoxy groups -OCH3 is 2. The van der Waals surface area contributed by atoms with Crippen LogP contribution in [0, 0.1) is 6.92 Å². The summed E-state index contributed by atoms with van der Waals surface area (Å²) in [5.41, 5.74) is 3.82. The number of aliphatic hydroxyl groups excluding tert-OH is 1. The molecule has 1 aliphatic heterocycles. The van der Waals surface area contributed by atoms with Crippen molar-refractivity contribution < 1.29 is 28.9 Å². The zero-order chi connectivity index (χ0) is 29.0. The van der Waals surface area contributed by atoms with E-state index >= 15 is 0 Å². The Labute approximate surface area is 236 Å². The van der Waals surface area contributed by atoms with Gasteiger partial charge in [-0.2, -0.15) is 0 Å². The molecule has 1 fully saturated rings. The summed E-state index contributed by atoms with van der Waals surface area (Å²) in [5.74, 6) is 0.291. The van der Waals surface area contributed by atoms with E-state index in [-0.39, 0.29) is 17.3 Å². The van der Waals surface area contributed by atoms with Gasteiger partial charge < -0.3 is 24.2 Å². The molecule has 40 heavy (non-hydrogen) atoms. The molecule has 7 heteroatoms. The first kappa shape index (κ1) is 28.7. The van der Waals surface area contributed by atoms with E-state index in [0.717, 1.165) is 16.7 Å². The average Bonchev–Trinajstić information content (AvgIpc) is 3.21. The van der Waals surface area contributed by atoms with E-state index in [1.54, 1.807) is 32.4 Å². The third kappa shape index (κ3) is 5.55. The van der Waals surface area contributed by atoms with Crippen LogP contribution in [-0.4, -0.2) is 42.5 Å². The molecule has 1 saturated heterocycles. The number of hydrogen-bond acceptors (Lipinski definition) is 6. The Bertz CT molecular complexity index is 1430. The van der Waals surface area contributed by atoms with Gasteiger partial charge in [0.1, 0.15) is 18.1 Å². The average molecular weight is 544 g/mol. The van der Waals surface area contributed by atoms with Crippen molar-refractivity contribution in [2.45, 2.75) is 52.7 Å². The van der Waals surface area contributed by atoms with E-state index < -0.39 is 17.7 Å². The highest BCUT2D eigenvalue weighted by Crippen LogP contribution is 2.43. The largest absolute Gasteiger partial charge is 0.507 e. The van der Waals surface area contributed by atoms with Crippen LogP contribution in [0.15, 0.2) is 66.2 Å². The predicted octanol–water partition coefficient (Wildman–Crippen LogP) is 6.55. The predicted molar refractivity (Wildman–Crippen MR) is 155 cm³/mol. The molecular weight excluding hydrogens is 506 g/mol. The molecule has 3 aromatic rings. The first-order valence-electron chi connectivity index (χ1n) is 13.5. The third-order valence-electron chi connectivity index (χ3n) is 7.20. The smallest absolute Gasteiger partial charge is 0.295 e. The number of Topliss-reactive ketones (excluding diaryl/α,β-unsaturated/α-hetero) is 1. The second-order valence-corrected chi connectivity index (χ2v) is 10.2. The second kappa shape index (κ2) is 12.3. The highest BCUT2D eigenvalue weighted by atomic mass is 16.5. The number of ether oxygens (including phenoxy) is 3. The maximum absolute atomic E-state index is 13.5. The first-order chi connectivity index (χ1) is 19.2. The molecule has 1 unspecified atom stereocenters. The normalized spacial score (nSPS) is 16.5. The number of aliphatic hydroxyl groups is 1. The zero-order valence-corrected chi connectivity index (χ0v) is 24.0. The van der Waals surface area contributed by atoms with Crippen molar-refractivity contribution in [3.8, 4) is 17.2 Å². The van der Waals surface area contributed by atoms with Crippen molar-refractivity contribution in [2.75, 3.05) is 20.8 Å². The number of ketones is 1. The summed E-state index contributed by atoms with van der Waals surface area (Å²) in [5, 5.41) is 11.7. The van der Waals surface area contributed by atoms with Gasteiger partial charge in [-0.15, -0.1) is 0 Å². The number of likely N-dealkylation sites (tertiary alicyclic amines) is 1. The number of hydrogen-bond donors (Lipinski definition) is 1. The minimum Gasteiger partial charge on any atom is -0.507 e. The van der Waals surface area contributed by atoms with E-state index in [2.05, 4.69) is 0 Å². The van der Waals surface area contributed by atoms with Crippen LogP contribution in [0.3, 0.4) is 0 Å². The summed E-state index contributed by atoms with van der Waals surface area (Å²) in [6, 6.07) is 18.0. The maximum atomic E-state index is 13.5. The summed E-state index contributed by atoms with van der Waals surface area (Å²) in [6.45, 7) is 8.54. The van der Waals surface area contributed by atoms with Gasteiger partial charge in [0.25, 0.3) is 11.7 Å². The SMILES string of the molecule is CCCN1C(=O)C(=O)/C(=C(/O)c2cc(C(C)C)c(OC)cc2C)C1c1ccc(OC)c(OCc2ccccc2)c1. The fourth-order valence-electron chi connectivity index (χ4n) is 5.14. The molecule has 0 saturated carbocycles. The van der Waals surface area contributed by atoms with Crippen molar-refractivity contribution in [3.05, 3.63) is 94.1 Å². The highest BCUT2D eigenvalue weighted by molar-refractivity contribution is 6.46. The van der Waals surface area contributed by atoms with Crippen molar-refractivity contribution in [1.82, 2.24) is 4.90 Å². The standard InChI is InChI=1S/C33H37NO6/c1-7-15-34-30(23-13-14-26(38-5)28(17-23)40-19-22-11-9-8-10-12-22)29(32(36)33(34)37)31(35)25-18-24(20(2)3)27(39-6)16-21(25)4/h8-14,16-18,20,30,35H,7,15,19H2,1-6H3/b31-29+. The van der Waals surface area contributed by atoms with Crippen LogP contribution < -0.4 is 14.2 Å². The van der Waals surface area contributed by atoms with Crippen LogP contribution in [0.4, 0.5) is 0 Å². The molecule has 1 N–H and O–H groups in total. The van der Waals surface area contributed by atoms with Gasteiger partial charge in [-0.25, -0.2) is 0 Å². The summed E-state index contributed by atoms with van der Waals surface area (Å²) >= 11 is 0. The van der Waals surface area contributed by atoms with Crippen molar-refractivity contribution >= 4 is 17.4 Å². The lowest BCUT2D eigenvalue weighted by Gasteiger charge is -2.26. The first-order valence-corrected chi connectivity index (χ1v) is 13.5. The molecule has 0 radical (unpaired) electrons. The van der Waals surface area contributed by atoms with Crippen molar-refractivity contribution in [1.29, 1.82) is 0 Å². The second-order valence-electron chi connectivity index (χ2n) is 10.2. The van der Waals surface area contributed by atoms with Crippen LogP contribution >= 0.6 is 0 Å². The lowest BCUT2D eigenvalue weighted by atomic mass is 9.91. The summed E-state index contributed by atoms with van der Waals surface area (Å²) in [6.07, 6.45) is 0.649. The van der Waals surface area contributed by atoms with Gasteiger partial charge >= 0.3 is 0 Å². The molecule has 0 spiro atoms. The fraction of sp³-hybridized carbons (Fsp3) is 0.333. The van der Waals surface area contributed by atoms with Gasteiger partial charge in [-0.1, -0.05) is 57.2 Å². The van der Waals surface area contributed by atoms with E-state index in [9.17, 15) is 14.7 Å².